The molecular formula is C22H16N4O7. The van der Waals surface area contributed by atoms with Gasteiger partial charge in [-0.3, -0.25) is 29.4 Å². The van der Waals surface area contributed by atoms with Gasteiger partial charge >= 0.3 is 0 Å². The quantitative estimate of drug-likeness (QED) is 0.317. The summed E-state index contributed by atoms with van der Waals surface area (Å²) in [6, 6.07) is 10.9. The summed E-state index contributed by atoms with van der Waals surface area (Å²) >= 11 is 0. The summed E-state index contributed by atoms with van der Waals surface area (Å²) in [6.45, 7) is -0.842. The smallest absolute Gasteiger partial charge is 0.262 e. The molecule has 166 valence electrons. The number of hydrogen-bond acceptors (Lipinski definition) is 8. The molecule has 0 saturated heterocycles. The third kappa shape index (κ3) is 3.39. The van der Waals surface area contributed by atoms with Gasteiger partial charge in [0.1, 0.15) is 6.04 Å². The van der Waals surface area contributed by atoms with Crippen molar-refractivity contribution in [3.8, 4) is 11.5 Å². The molecule has 0 aliphatic carbocycles. The molecule has 0 spiro atoms. The van der Waals surface area contributed by atoms with Crippen molar-refractivity contribution < 1.29 is 28.8 Å². The monoisotopic (exact) mass is 448 g/mol. The molecule has 33 heavy (non-hydrogen) atoms. The van der Waals surface area contributed by atoms with Crippen LogP contribution in [0.25, 0.3) is 0 Å². The zero-order chi connectivity index (χ0) is 23.1. The molecule has 1 aromatic heterocycles. The SMILES string of the molecule is O=C1c2ccccc2C(=O)N1[C@@H](C[N+](=O)[O-])[C@@H](C(=O)n1cccn1)c1ccc2c(c1)OCO2. The highest BCUT2D eigenvalue weighted by Crippen LogP contribution is 2.38. The highest BCUT2D eigenvalue weighted by atomic mass is 16.7. The standard InChI is InChI=1S/C22H16N4O7/c27-20-14-4-1-2-5-15(14)21(28)26(20)16(11-25(30)31)19(22(29)24-9-3-8-23-24)13-6-7-17-18(10-13)33-12-32-17/h1-10,16,19H,11-12H2/t16-,19-/m0/s1. The van der Waals surface area contributed by atoms with Crippen molar-refractivity contribution in [2.75, 3.05) is 13.3 Å². The summed E-state index contributed by atoms with van der Waals surface area (Å²) in [4.78, 5) is 51.7. The van der Waals surface area contributed by atoms with Gasteiger partial charge in [-0.2, -0.15) is 5.10 Å². The minimum atomic E-state index is -1.41. The second-order valence-electron chi connectivity index (χ2n) is 7.49. The Balaban J connectivity index is 1.65. The predicted octanol–water partition coefficient (Wildman–Crippen LogP) is 1.98. The number of amides is 2. The lowest BCUT2D eigenvalue weighted by molar-refractivity contribution is -0.485. The minimum absolute atomic E-state index is 0.00666. The van der Waals surface area contributed by atoms with Gasteiger partial charge in [-0.15, -0.1) is 0 Å². The van der Waals surface area contributed by atoms with Crippen molar-refractivity contribution in [3.05, 3.63) is 87.7 Å². The number of ether oxygens (including phenoxy) is 2. The maximum absolute atomic E-state index is 13.5. The Morgan fingerprint density at radius 3 is 2.39 bits per heavy atom. The van der Waals surface area contributed by atoms with Crippen LogP contribution in [-0.2, 0) is 0 Å². The summed E-state index contributed by atoms with van der Waals surface area (Å²) in [5.41, 5.74) is 0.585. The summed E-state index contributed by atoms with van der Waals surface area (Å²) in [5.74, 6) is -2.50. The van der Waals surface area contributed by atoms with E-state index in [4.69, 9.17) is 9.47 Å². The molecule has 5 rings (SSSR count). The fraction of sp³-hybridized carbons (Fsp3) is 0.182. The van der Waals surface area contributed by atoms with Crippen molar-refractivity contribution in [1.29, 1.82) is 0 Å². The molecule has 0 unspecified atom stereocenters. The number of nitro groups is 1. The average molecular weight is 448 g/mol. The molecule has 2 aromatic carbocycles. The first-order valence-electron chi connectivity index (χ1n) is 9.98. The number of aromatic nitrogens is 2. The third-order valence-electron chi connectivity index (χ3n) is 5.63. The largest absolute Gasteiger partial charge is 0.454 e. The van der Waals surface area contributed by atoms with E-state index in [0.29, 0.717) is 17.1 Å². The molecule has 2 aliphatic rings. The number of imide groups is 1. The molecule has 2 aliphatic heterocycles. The van der Waals surface area contributed by atoms with E-state index in [0.717, 1.165) is 9.58 Å². The maximum atomic E-state index is 13.5. The molecule has 0 bridgehead atoms. The van der Waals surface area contributed by atoms with Crippen LogP contribution in [-0.4, -0.2) is 56.7 Å². The van der Waals surface area contributed by atoms with E-state index in [9.17, 15) is 24.5 Å². The first-order chi connectivity index (χ1) is 16.0. The summed E-state index contributed by atoms with van der Waals surface area (Å²) in [5, 5.41) is 15.6. The van der Waals surface area contributed by atoms with Crippen LogP contribution in [0.1, 0.15) is 37.0 Å². The number of fused-ring (bicyclic) bond motifs is 2. The van der Waals surface area contributed by atoms with Crippen LogP contribution in [0.15, 0.2) is 60.9 Å². The van der Waals surface area contributed by atoms with Crippen LogP contribution in [0.2, 0.25) is 0 Å². The van der Waals surface area contributed by atoms with E-state index in [1.807, 2.05) is 0 Å². The molecule has 2 atom stereocenters. The second-order valence-corrected chi connectivity index (χ2v) is 7.49. The number of nitrogens with zero attached hydrogens (tertiary/aromatic N) is 4. The van der Waals surface area contributed by atoms with E-state index < -0.39 is 41.1 Å². The van der Waals surface area contributed by atoms with E-state index in [-0.39, 0.29) is 17.9 Å². The molecule has 0 N–H and O–H groups in total. The Morgan fingerprint density at radius 2 is 1.76 bits per heavy atom. The number of hydrogen-bond donors (Lipinski definition) is 0. The van der Waals surface area contributed by atoms with Gasteiger partial charge in [-0.25, -0.2) is 4.68 Å². The van der Waals surface area contributed by atoms with Gasteiger partial charge in [0.05, 0.1) is 17.0 Å². The van der Waals surface area contributed by atoms with Gasteiger partial charge < -0.3 is 9.47 Å². The highest BCUT2D eigenvalue weighted by molar-refractivity contribution is 6.21. The number of benzene rings is 2. The fourth-order valence-corrected chi connectivity index (χ4v) is 4.18. The van der Waals surface area contributed by atoms with E-state index in [1.165, 1.54) is 36.7 Å². The zero-order valence-corrected chi connectivity index (χ0v) is 17.0. The molecular weight excluding hydrogens is 432 g/mol. The van der Waals surface area contributed by atoms with Crippen LogP contribution in [0.5, 0.6) is 11.5 Å². The van der Waals surface area contributed by atoms with Gasteiger partial charge in [0.15, 0.2) is 11.5 Å². The van der Waals surface area contributed by atoms with Crippen LogP contribution < -0.4 is 9.47 Å². The molecule has 0 saturated carbocycles. The summed E-state index contributed by atoms with van der Waals surface area (Å²) in [7, 11) is 0. The fourth-order valence-electron chi connectivity index (χ4n) is 4.18. The Morgan fingerprint density at radius 1 is 1.06 bits per heavy atom. The van der Waals surface area contributed by atoms with E-state index >= 15 is 0 Å². The molecule has 3 heterocycles. The molecule has 11 heteroatoms. The predicted molar refractivity (Wildman–Crippen MR) is 111 cm³/mol. The molecule has 0 fully saturated rings. The van der Waals surface area contributed by atoms with Crippen molar-refractivity contribution in [2.45, 2.75) is 12.0 Å². The lowest BCUT2D eigenvalue weighted by Crippen LogP contribution is -2.50. The molecule has 3 aromatic rings. The van der Waals surface area contributed by atoms with Crippen molar-refractivity contribution in [1.82, 2.24) is 14.7 Å². The summed E-state index contributed by atoms with van der Waals surface area (Å²) in [6.07, 6.45) is 2.78. The zero-order valence-electron chi connectivity index (χ0n) is 17.0. The second kappa shape index (κ2) is 7.86. The van der Waals surface area contributed by atoms with Gasteiger partial charge in [-0.05, 0) is 35.9 Å². The van der Waals surface area contributed by atoms with Crippen LogP contribution in [0, 0.1) is 10.1 Å². The lowest BCUT2D eigenvalue weighted by Gasteiger charge is -2.30. The number of rotatable bonds is 6. The van der Waals surface area contributed by atoms with Gasteiger partial charge in [0.25, 0.3) is 17.7 Å². The van der Waals surface area contributed by atoms with Crippen molar-refractivity contribution in [3.63, 3.8) is 0 Å². The van der Waals surface area contributed by atoms with Gasteiger partial charge in [0.2, 0.25) is 13.3 Å². The molecule has 11 nitrogen and oxygen atoms in total. The highest BCUT2D eigenvalue weighted by Gasteiger charge is 2.48. The topological polar surface area (TPSA) is 134 Å². The Hall–Kier alpha value is -4.54. The normalized spacial score (nSPS) is 15.9. The first kappa shape index (κ1) is 20.4. The summed E-state index contributed by atoms with van der Waals surface area (Å²) < 4.78 is 11.7. The number of carbonyl (C=O) groups excluding carboxylic acids is 3. The van der Waals surface area contributed by atoms with Crippen LogP contribution >= 0.6 is 0 Å². The van der Waals surface area contributed by atoms with Gasteiger partial charge in [0, 0.05) is 17.3 Å². The van der Waals surface area contributed by atoms with Crippen molar-refractivity contribution in [2.24, 2.45) is 0 Å². The molecule has 2 amide bonds. The minimum Gasteiger partial charge on any atom is -0.454 e. The molecule has 0 radical (unpaired) electrons. The Kier molecular flexibility index (Phi) is 4.85. The Labute approximate surface area is 186 Å². The van der Waals surface area contributed by atoms with E-state index in [2.05, 4.69) is 5.10 Å². The lowest BCUT2D eigenvalue weighted by atomic mass is 9.88. The first-order valence-corrected chi connectivity index (χ1v) is 9.98. The van der Waals surface area contributed by atoms with Gasteiger partial charge in [-0.1, -0.05) is 18.2 Å². The maximum Gasteiger partial charge on any atom is 0.262 e. The van der Waals surface area contributed by atoms with Crippen LogP contribution in [0.4, 0.5) is 0 Å². The average Bonchev–Trinajstić information content (AvgIpc) is 3.54. The van der Waals surface area contributed by atoms with E-state index in [1.54, 1.807) is 24.3 Å². The Bertz CT molecular complexity index is 1250. The van der Waals surface area contributed by atoms with Crippen molar-refractivity contribution >= 4 is 17.7 Å². The van der Waals surface area contributed by atoms with Crippen LogP contribution in [0.3, 0.4) is 0 Å². The number of carbonyl (C=O) groups is 3. The third-order valence-corrected chi connectivity index (χ3v) is 5.63.